The van der Waals surface area contributed by atoms with E-state index in [4.69, 9.17) is 18.9 Å². The number of ether oxygens (including phenoxy) is 4. The molecule has 0 unspecified atom stereocenters. The summed E-state index contributed by atoms with van der Waals surface area (Å²) in [5.74, 6) is 1.97. The first-order valence-corrected chi connectivity index (χ1v) is 6.03. The van der Waals surface area contributed by atoms with Gasteiger partial charge < -0.3 is 18.9 Å². The number of rotatable bonds is 6. The Bertz CT molecular complexity index is 366. The van der Waals surface area contributed by atoms with Crippen molar-refractivity contribution in [3.63, 3.8) is 0 Å². The van der Waals surface area contributed by atoms with Crippen LogP contribution in [0.3, 0.4) is 0 Å². The van der Waals surface area contributed by atoms with Gasteiger partial charge in [-0.2, -0.15) is 0 Å². The second-order valence-electron chi connectivity index (χ2n) is 3.65. The molecule has 0 saturated carbocycles. The zero-order chi connectivity index (χ0) is 12.8. The standard InChI is InChI=1S/C12H17BrO4/c1-8(2)17-12-6-10(16-7-14-3)9(13)5-11(12)15-4/h5-6,8H,7H2,1-4H3. The molecule has 1 aromatic carbocycles. The SMILES string of the molecule is COCOc1cc(OC(C)C)c(OC)cc1Br. The summed E-state index contributed by atoms with van der Waals surface area (Å²) in [4.78, 5) is 0. The largest absolute Gasteiger partial charge is 0.493 e. The Morgan fingerprint density at radius 3 is 2.35 bits per heavy atom. The van der Waals surface area contributed by atoms with Gasteiger partial charge in [-0.05, 0) is 29.8 Å². The molecule has 5 heteroatoms. The summed E-state index contributed by atoms with van der Waals surface area (Å²) >= 11 is 3.40. The zero-order valence-electron chi connectivity index (χ0n) is 10.5. The maximum atomic E-state index is 5.65. The number of hydrogen-bond acceptors (Lipinski definition) is 4. The topological polar surface area (TPSA) is 36.9 Å². The molecule has 0 N–H and O–H groups in total. The minimum Gasteiger partial charge on any atom is -0.493 e. The van der Waals surface area contributed by atoms with E-state index in [1.165, 1.54) is 0 Å². The molecule has 0 aliphatic heterocycles. The Balaban J connectivity index is 2.99. The minimum atomic E-state index is 0.0698. The van der Waals surface area contributed by atoms with Gasteiger partial charge in [0.05, 0.1) is 17.7 Å². The van der Waals surface area contributed by atoms with Crippen molar-refractivity contribution in [1.29, 1.82) is 0 Å². The van der Waals surface area contributed by atoms with E-state index < -0.39 is 0 Å². The third-order valence-electron chi connectivity index (χ3n) is 1.91. The van der Waals surface area contributed by atoms with Gasteiger partial charge in [0.2, 0.25) is 0 Å². The van der Waals surface area contributed by atoms with Gasteiger partial charge in [-0.25, -0.2) is 0 Å². The predicted molar refractivity (Wildman–Crippen MR) is 69.0 cm³/mol. The number of benzene rings is 1. The molecule has 0 aliphatic rings. The van der Waals surface area contributed by atoms with Crippen LogP contribution >= 0.6 is 15.9 Å². The van der Waals surface area contributed by atoms with E-state index in [1.807, 2.05) is 19.9 Å². The lowest BCUT2D eigenvalue weighted by Gasteiger charge is -2.16. The molecule has 0 saturated heterocycles. The van der Waals surface area contributed by atoms with E-state index in [0.717, 1.165) is 4.47 Å². The van der Waals surface area contributed by atoms with Crippen molar-refractivity contribution >= 4 is 15.9 Å². The number of halogens is 1. The summed E-state index contributed by atoms with van der Waals surface area (Å²) < 4.78 is 22.0. The van der Waals surface area contributed by atoms with E-state index in [1.54, 1.807) is 20.3 Å². The Morgan fingerprint density at radius 2 is 1.82 bits per heavy atom. The van der Waals surface area contributed by atoms with Gasteiger partial charge in [0, 0.05) is 19.2 Å². The molecule has 1 aromatic rings. The molecule has 0 fully saturated rings. The summed E-state index contributed by atoms with van der Waals surface area (Å²) in [6, 6.07) is 3.59. The molecule has 0 aromatic heterocycles. The van der Waals surface area contributed by atoms with Crippen molar-refractivity contribution in [3.8, 4) is 17.2 Å². The van der Waals surface area contributed by atoms with Crippen LogP contribution in [0.15, 0.2) is 16.6 Å². The van der Waals surface area contributed by atoms with Gasteiger partial charge in [0.1, 0.15) is 5.75 Å². The van der Waals surface area contributed by atoms with Crippen LogP contribution in [0, 0.1) is 0 Å². The highest BCUT2D eigenvalue weighted by Crippen LogP contribution is 2.38. The third-order valence-corrected chi connectivity index (χ3v) is 2.53. The highest BCUT2D eigenvalue weighted by molar-refractivity contribution is 9.10. The van der Waals surface area contributed by atoms with Crippen molar-refractivity contribution in [2.24, 2.45) is 0 Å². The third kappa shape index (κ3) is 4.09. The average molecular weight is 305 g/mol. The highest BCUT2D eigenvalue weighted by atomic mass is 79.9. The Labute approximate surface area is 110 Å². The summed E-state index contributed by atoms with van der Waals surface area (Å²) in [5, 5.41) is 0. The molecule has 17 heavy (non-hydrogen) atoms. The fourth-order valence-corrected chi connectivity index (χ4v) is 1.69. The lowest BCUT2D eigenvalue weighted by atomic mass is 10.3. The molecule has 0 amide bonds. The van der Waals surface area contributed by atoms with E-state index in [0.29, 0.717) is 17.2 Å². The van der Waals surface area contributed by atoms with Crippen molar-refractivity contribution in [2.75, 3.05) is 21.0 Å². The fourth-order valence-electron chi connectivity index (χ4n) is 1.26. The average Bonchev–Trinajstić information content (AvgIpc) is 2.28. The molecule has 96 valence electrons. The first-order valence-electron chi connectivity index (χ1n) is 5.24. The molecule has 4 nitrogen and oxygen atoms in total. The number of hydrogen-bond donors (Lipinski definition) is 0. The molecule has 0 heterocycles. The van der Waals surface area contributed by atoms with Crippen LogP contribution in [0.25, 0.3) is 0 Å². The lowest BCUT2D eigenvalue weighted by molar-refractivity contribution is 0.0502. The smallest absolute Gasteiger partial charge is 0.188 e. The van der Waals surface area contributed by atoms with Gasteiger partial charge in [-0.15, -0.1) is 0 Å². The predicted octanol–water partition coefficient (Wildman–Crippen LogP) is 3.23. The highest BCUT2D eigenvalue weighted by Gasteiger charge is 2.12. The minimum absolute atomic E-state index is 0.0698. The molecular weight excluding hydrogens is 288 g/mol. The van der Waals surface area contributed by atoms with Gasteiger partial charge in [0.15, 0.2) is 18.3 Å². The van der Waals surface area contributed by atoms with Crippen LogP contribution in [-0.2, 0) is 4.74 Å². The van der Waals surface area contributed by atoms with Crippen molar-refractivity contribution < 1.29 is 18.9 Å². The maximum absolute atomic E-state index is 5.65. The Kier molecular flexibility index (Phi) is 5.58. The van der Waals surface area contributed by atoms with Crippen LogP contribution in [-0.4, -0.2) is 27.1 Å². The van der Waals surface area contributed by atoms with E-state index in [-0.39, 0.29) is 12.9 Å². The van der Waals surface area contributed by atoms with Crippen molar-refractivity contribution in [3.05, 3.63) is 16.6 Å². The summed E-state index contributed by atoms with van der Waals surface area (Å²) in [7, 11) is 3.17. The molecule has 0 spiro atoms. The molecule has 0 aliphatic carbocycles. The van der Waals surface area contributed by atoms with Crippen LogP contribution in [0.5, 0.6) is 17.2 Å². The summed E-state index contributed by atoms with van der Waals surface area (Å²) in [5.41, 5.74) is 0. The second kappa shape index (κ2) is 6.71. The fraction of sp³-hybridized carbons (Fsp3) is 0.500. The summed E-state index contributed by atoms with van der Waals surface area (Å²) in [6.45, 7) is 4.10. The Hall–Kier alpha value is -0.940. The van der Waals surface area contributed by atoms with E-state index in [2.05, 4.69) is 15.9 Å². The van der Waals surface area contributed by atoms with Crippen molar-refractivity contribution in [2.45, 2.75) is 20.0 Å². The quantitative estimate of drug-likeness (QED) is 0.756. The second-order valence-corrected chi connectivity index (χ2v) is 4.51. The molecule has 0 radical (unpaired) electrons. The van der Waals surface area contributed by atoms with Gasteiger partial charge in [-0.3, -0.25) is 0 Å². The molecular formula is C12H17BrO4. The van der Waals surface area contributed by atoms with Gasteiger partial charge in [0.25, 0.3) is 0 Å². The van der Waals surface area contributed by atoms with Crippen LogP contribution < -0.4 is 14.2 Å². The molecule has 0 bridgehead atoms. The van der Waals surface area contributed by atoms with Gasteiger partial charge in [-0.1, -0.05) is 0 Å². The number of methoxy groups -OCH3 is 2. The van der Waals surface area contributed by atoms with Crippen LogP contribution in [0.1, 0.15) is 13.8 Å². The van der Waals surface area contributed by atoms with E-state index >= 15 is 0 Å². The monoisotopic (exact) mass is 304 g/mol. The normalized spacial score (nSPS) is 10.5. The zero-order valence-corrected chi connectivity index (χ0v) is 12.0. The van der Waals surface area contributed by atoms with Gasteiger partial charge >= 0.3 is 0 Å². The lowest BCUT2D eigenvalue weighted by Crippen LogP contribution is -2.07. The van der Waals surface area contributed by atoms with E-state index in [9.17, 15) is 0 Å². The Morgan fingerprint density at radius 1 is 1.12 bits per heavy atom. The van der Waals surface area contributed by atoms with Crippen molar-refractivity contribution in [1.82, 2.24) is 0 Å². The summed E-state index contributed by atoms with van der Waals surface area (Å²) in [6.07, 6.45) is 0.0698. The van der Waals surface area contributed by atoms with Crippen LogP contribution in [0.4, 0.5) is 0 Å². The first-order chi connectivity index (χ1) is 8.08. The van der Waals surface area contributed by atoms with Crippen LogP contribution in [0.2, 0.25) is 0 Å². The molecule has 0 atom stereocenters. The maximum Gasteiger partial charge on any atom is 0.188 e. The first kappa shape index (κ1) is 14.1. The molecule has 1 rings (SSSR count).